The molecule has 0 radical (unpaired) electrons. The van der Waals surface area contributed by atoms with E-state index in [0.29, 0.717) is 35.5 Å². The topological polar surface area (TPSA) is 102 Å². The van der Waals surface area contributed by atoms with Crippen molar-refractivity contribution in [3.63, 3.8) is 0 Å². The lowest BCUT2D eigenvalue weighted by atomic mass is 10.2. The van der Waals surface area contributed by atoms with Crippen LogP contribution in [0.5, 0.6) is 0 Å². The van der Waals surface area contributed by atoms with E-state index < -0.39 is 0 Å². The number of hydrogen-bond acceptors (Lipinski definition) is 9. The molecule has 10 nitrogen and oxygen atoms in total. The van der Waals surface area contributed by atoms with Crippen LogP contribution in [0.2, 0.25) is 0 Å². The number of nitrogens with zero attached hydrogens (tertiary/aromatic N) is 7. The Kier molecular flexibility index (Phi) is 8.17. The number of para-hydroxylation sites is 1. The Bertz CT molecular complexity index is 1110. The fraction of sp³-hybridized carbons (Fsp3) is 0.400. The molecule has 0 aliphatic carbocycles. The van der Waals surface area contributed by atoms with Gasteiger partial charge in [0.25, 0.3) is 5.91 Å². The van der Waals surface area contributed by atoms with Crippen molar-refractivity contribution in [2.75, 3.05) is 68.9 Å². The highest BCUT2D eigenvalue weighted by molar-refractivity contribution is 6.04. The molecular weight excluding hydrogens is 442 g/mol. The minimum atomic E-state index is -0.209. The largest absolute Gasteiger partial charge is 0.338 e. The molecule has 0 atom stereocenters. The minimum Gasteiger partial charge on any atom is -0.338 e. The maximum Gasteiger partial charge on any atom is 0.255 e. The number of benzene rings is 1. The molecule has 2 aromatic heterocycles. The highest BCUT2D eigenvalue weighted by atomic mass is 16.1. The number of carbonyl (C=O) groups is 1. The normalized spacial score (nSPS) is 14.2. The molecule has 1 aliphatic heterocycles. The van der Waals surface area contributed by atoms with Gasteiger partial charge in [0.2, 0.25) is 11.9 Å². The molecule has 3 aromatic rings. The van der Waals surface area contributed by atoms with Gasteiger partial charge in [-0.2, -0.15) is 15.0 Å². The Morgan fingerprint density at radius 3 is 2.51 bits per heavy atom. The van der Waals surface area contributed by atoms with Crippen molar-refractivity contribution in [3.05, 3.63) is 60.0 Å². The summed E-state index contributed by atoms with van der Waals surface area (Å²) in [5.74, 6) is 2.10. The van der Waals surface area contributed by atoms with E-state index >= 15 is 0 Å². The zero-order chi connectivity index (χ0) is 24.6. The Labute approximate surface area is 206 Å². The number of nitrogens with one attached hydrogen (secondary N) is 2. The lowest BCUT2D eigenvalue weighted by Gasteiger charge is -2.35. The molecule has 1 amide bonds. The van der Waals surface area contributed by atoms with Crippen LogP contribution in [0.25, 0.3) is 0 Å². The fourth-order valence-electron chi connectivity index (χ4n) is 3.76. The molecule has 1 saturated heterocycles. The number of anilines is 4. The van der Waals surface area contributed by atoms with Crippen molar-refractivity contribution in [1.82, 2.24) is 29.7 Å². The second kappa shape index (κ2) is 11.7. The van der Waals surface area contributed by atoms with E-state index in [1.807, 2.05) is 37.3 Å². The van der Waals surface area contributed by atoms with Crippen LogP contribution in [0.15, 0.2) is 48.7 Å². The van der Waals surface area contributed by atoms with E-state index in [2.05, 4.69) is 59.4 Å². The lowest BCUT2D eigenvalue weighted by molar-refractivity contribution is 0.102. The summed E-state index contributed by atoms with van der Waals surface area (Å²) in [5.41, 5.74) is 1.23. The SMILES string of the molecule is CCc1nc(Nc2cc(C(=O)Nc3ccccc3)ccn2)nc(N2CCN(CCN(C)C)CC2)n1. The molecule has 1 aromatic carbocycles. The van der Waals surface area contributed by atoms with Crippen LogP contribution in [-0.2, 0) is 6.42 Å². The van der Waals surface area contributed by atoms with Crippen molar-refractivity contribution < 1.29 is 4.79 Å². The molecule has 4 rings (SSSR count). The van der Waals surface area contributed by atoms with E-state index in [-0.39, 0.29) is 5.91 Å². The monoisotopic (exact) mass is 475 g/mol. The number of piperazine rings is 1. The summed E-state index contributed by atoms with van der Waals surface area (Å²) in [7, 11) is 4.20. The zero-order valence-corrected chi connectivity index (χ0v) is 20.6. The van der Waals surface area contributed by atoms with Crippen molar-refractivity contribution in [2.24, 2.45) is 0 Å². The first kappa shape index (κ1) is 24.5. The van der Waals surface area contributed by atoms with Crippen LogP contribution in [0.4, 0.5) is 23.4 Å². The summed E-state index contributed by atoms with van der Waals surface area (Å²) in [5, 5.41) is 6.05. The predicted molar refractivity (Wildman–Crippen MR) is 138 cm³/mol. The van der Waals surface area contributed by atoms with Crippen LogP contribution in [0, 0.1) is 0 Å². The Morgan fingerprint density at radius 1 is 1.03 bits per heavy atom. The maximum absolute atomic E-state index is 12.7. The second-order valence-electron chi connectivity index (χ2n) is 8.74. The first-order chi connectivity index (χ1) is 17.0. The van der Waals surface area contributed by atoms with Crippen molar-refractivity contribution >= 4 is 29.3 Å². The number of aryl methyl sites for hydroxylation is 1. The summed E-state index contributed by atoms with van der Waals surface area (Å²) in [6.45, 7) is 7.82. The average molecular weight is 476 g/mol. The van der Waals surface area contributed by atoms with Gasteiger partial charge in [0.1, 0.15) is 11.6 Å². The Balaban J connectivity index is 1.44. The number of rotatable bonds is 9. The van der Waals surface area contributed by atoms with Gasteiger partial charge in [0.15, 0.2) is 0 Å². The van der Waals surface area contributed by atoms with Gasteiger partial charge in [0.05, 0.1) is 0 Å². The summed E-state index contributed by atoms with van der Waals surface area (Å²) < 4.78 is 0. The average Bonchev–Trinajstić information content (AvgIpc) is 2.88. The van der Waals surface area contributed by atoms with E-state index in [1.54, 1.807) is 18.3 Å². The minimum absolute atomic E-state index is 0.209. The number of pyridine rings is 1. The lowest BCUT2D eigenvalue weighted by Crippen LogP contribution is -2.48. The number of hydrogen-bond donors (Lipinski definition) is 2. The third-order valence-corrected chi connectivity index (χ3v) is 5.80. The van der Waals surface area contributed by atoms with Gasteiger partial charge in [-0.25, -0.2) is 4.98 Å². The molecule has 184 valence electrons. The fourth-order valence-corrected chi connectivity index (χ4v) is 3.76. The van der Waals surface area contributed by atoms with Crippen LogP contribution in [0.3, 0.4) is 0 Å². The van der Waals surface area contributed by atoms with Gasteiger partial charge in [0, 0.05) is 63.1 Å². The van der Waals surface area contributed by atoms with Crippen molar-refractivity contribution in [1.29, 1.82) is 0 Å². The van der Waals surface area contributed by atoms with E-state index in [9.17, 15) is 4.79 Å². The second-order valence-corrected chi connectivity index (χ2v) is 8.74. The van der Waals surface area contributed by atoms with Crippen LogP contribution < -0.4 is 15.5 Å². The highest BCUT2D eigenvalue weighted by Crippen LogP contribution is 2.18. The van der Waals surface area contributed by atoms with E-state index in [0.717, 1.165) is 45.0 Å². The van der Waals surface area contributed by atoms with Crippen molar-refractivity contribution in [3.8, 4) is 0 Å². The van der Waals surface area contributed by atoms with Gasteiger partial charge >= 0.3 is 0 Å². The molecule has 1 fully saturated rings. The molecule has 0 spiro atoms. The van der Waals surface area contributed by atoms with Crippen LogP contribution in [0.1, 0.15) is 23.1 Å². The van der Waals surface area contributed by atoms with Gasteiger partial charge in [-0.15, -0.1) is 0 Å². The molecule has 1 aliphatic rings. The molecule has 10 heteroatoms. The third-order valence-electron chi connectivity index (χ3n) is 5.80. The van der Waals surface area contributed by atoms with Crippen molar-refractivity contribution in [2.45, 2.75) is 13.3 Å². The van der Waals surface area contributed by atoms with E-state index in [4.69, 9.17) is 0 Å². The molecule has 2 N–H and O–H groups in total. The molecule has 35 heavy (non-hydrogen) atoms. The zero-order valence-electron chi connectivity index (χ0n) is 20.6. The summed E-state index contributed by atoms with van der Waals surface area (Å²) in [6, 6.07) is 12.7. The molecule has 3 heterocycles. The van der Waals surface area contributed by atoms with Crippen LogP contribution in [-0.4, -0.2) is 89.0 Å². The summed E-state index contributed by atoms with van der Waals surface area (Å²) in [4.78, 5) is 37.8. The number of likely N-dealkylation sites (N-methyl/N-ethyl adjacent to an activating group) is 1. The summed E-state index contributed by atoms with van der Waals surface area (Å²) >= 11 is 0. The predicted octanol–water partition coefficient (Wildman–Crippen LogP) is 2.51. The molecular formula is C25H33N9O. The Hall–Kier alpha value is -3.63. The van der Waals surface area contributed by atoms with Gasteiger partial charge in [-0.05, 0) is 38.4 Å². The number of amides is 1. The maximum atomic E-state index is 12.7. The van der Waals surface area contributed by atoms with Gasteiger partial charge in [-0.3, -0.25) is 9.69 Å². The number of carbonyl (C=O) groups excluding carboxylic acids is 1. The summed E-state index contributed by atoms with van der Waals surface area (Å²) in [6.07, 6.45) is 2.29. The molecule has 0 unspecified atom stereocenters. The first-order valence-electron chi connectivity index (χ1n) is 12.0. The standard InChI is InChI=1S/C25H33N9O/c1-4-21-28-24(31-25(30-21)34-16-14-33(15-17-34)13-12-32(2)3)29-22-18-19(10-11-26-22)23(35)27-20-8-6-5-7-9-20/h5-11,18H,4,12-17H2,1-3H3,(H,27,35)(H,26,28,29,30,31). The quantitative estimate of drug-likeness (QED) is 0.483. The molecule has 0 saturated carbocycles. The third kappa shape index (κ3) is 6.93. The van der Waals surface area contributed by atoms with Gasteiger partial charge < -0.3 is 20.4 Å². The highest BCUT2D eigenvalue weighted by Gasteiger charge is 2.20. The smallest absolute Gasteiger partial charge is 0.255 e. The van der Waals surface area contributed by atoms with Crippen LogP contribution >= 0.6 is 0 Å². The molecule has 0 bridgehead atoms. The number of aromatic nitrogens is 4. The van der Waals surface area contributed by atoms with Gasteiger partial charge in [-0.1, -0.05) is 25.1 Å². The van der Waals surface area contributed by atoms with E-state index in [1.165, 1.54) is 0 Å². The Morgan fingerprint density at radius 2 is 1.80 bits per heavy atom. The first-order valence-corrected chi connectivity index (χ1v) is 12.0.